The predicted molar refractivity (Wildman–Crippen MR) is 102 cm³/mol. The molecule has 5 heteroatoms. The van der Waals surface area contributed by atoms with Crippen molar-refractivity contribution in [1.82, 2.24) is 19.6 Å². The second-order valence-corrected chi connectivity index (χ2v) is 8.96. The van der Waals surface area contributed by atoms with Crippen LogP contribution in [-0.4, -0.2) is 109 Å². The standard InChI is InChI=1S/C7H13NO.C7H13N.C6H12N2/c9-7-5-8-3-1-6(7)2-4-8;1-4-8-5-2-7(1)3-6-8;1-2-8-5-3-7(1)4-6-8/h6-7,9H,1-5H2;7H,1-6H2;1-6H2. The fourth-order valence-corrected chi connectivity index (χ4v) is 5.32. The van der Waals surface area contributed by atoms with E-state index in [0.717, 1.165) is 12.5 Å². The van der Waals surface area contributed by atoms with Gasteiger partial charge in [0.25, 0.3) is 0 Å². The average molecular weight is 351 g/mol. The highest BCUT2D eigenvalue weighted by molar-refractivity contribution is 4.85. The van der Waals surface area contributed by atoms with Crippen molar-refractivity contribution in [2.24, 2.45) is 11.8 Å². The van der Waals surface area contributed by atoms with Crippen LogP contribution in [0.3, 0.4) is 0 Å². The molecule has 9 aliphatic heterocycles. The summed E-state index contributed by atoms with van der Waals surface area (Å²) in [6, 6.07) is 0. The van der Waals surface area contributed by atoms with E-state index in [2.05, 4.69) is 19.6 Å². The van der Waals surface area contributed by atoms with Crippen LogP contribution in [0.1, 0.15) is 32.1 Å². The quantitative estimate of drug-likeness (QED) is 0.699. The Morgan fingerprint density at radius 2 is 0.880 bits per heavy atom. The molecular weight excluding hydrogens is 312 g/mol. The lowest BCUT2D eigenvalue weighted by molar-refractivity contribution is -0.0227. The van der Waals surface area contributed by atoms with Crippen molar-refractivity contribution < 1.29 is 5.11 Å². The molecule has 9 heterocycles. The molecule has 1 atom stereocenters. The molecule has 0 radical (unpaired) electrons. The maximum atomic E-state index is 9.36. The lowest BCUT2D eigenvalue weighted by Gasteiger charge is -2.42. The molecule has 0 aliphatic carbocycles. The number of fused-ring (bicyclic) bond motifs is 9. The molecule has 1 unspecified atom stereocenters. The zero-order valence-electron chi connectivity index (χ0n) is 16.0. The van der Waals surface area contributed by atoms with E-state index in [9.17, 15) is 5.11 Å². The summed E-state index contributed by atoms with van der Waals surface area (Å²) in [5, 5.41) is 9.36. The lowest BCUT2D eigenvalue weighted by Crippen LogP contribution is -2.55. The van der Waals surface area contributed by atoms with Crippen molar-refractivity contribution in [3.63, 3.8) is 0 Å². The predicted octanol–water partition coefficient (Wildman–Crippen LogP) is 0.793. The van der Waals surface area contributed by atoms with E-state index in [1.54, 1.807) is 0 Å². The number of rotatable bonds is 0. The van der Waals surface area contributed by atoms with E-state index < -0.39 is 0 Å². The highest BCUT2D eigenvalue weighted by Gasteiger charge is 2.32. The minimum absolute atomic E-state index is 0.00694. The van der Waals surface area contributed by atoms with E-state index in [1.807, 2.05) is 0 Å². The third kappa shape index (κ3) is 4.95. The van der Waals surface area contributed by atoms with E-state index >= 15 is 0 Å². The second-order valence-electron chi connectivity index (χ2n) is 8.96. The molecule has 0 aromatic rings. The molecule has 0 spiro atoms. The third-order valence-corrected chi connectivity index (χ3v) is 7.38. The van der Waals surface area contributed by atoms with Crippen molar-refractivity contribution in [3.8, 4) is 0 Å². The Bertz CT molecular complexity index is 326. The smallest absolute Gasteiger partial charge is 0.0696 e. The van der Waals surface area contributed by atoms with Crippen molar-refractivity contribution in [2.45, 2.75) is 38.2 Å². The Hall–Kier alpha value is -0.200. The van der Waals surface area contributed by atoms with Gasteiger partial charge in [-0.25, -0.2) is 0 Å². The molecule has 0 saturated carbocycles. The van der Waals surface area contributed by atoms with Gasteiger partial charge in [-0.05, 0) is 76.7 Å². The van der Waals surface area contributed by atoms with Crippen LogP contribution in [0.4, 0.5) is 0 Å². The number of piperazine rings is 3. The van der Waals surface area contributed by atoms with Crippen LogP contribution < -0.4 is 0 Å². The Labute approximate surface area is 153 Å². The molecular formula is C20H38N4O. The summed E-state index contributed by atoms with van der Waals surface area (Å²) in [6.45, 7) is 15.5. The summed E-state index contributed by atoms with van der Waals surface area (Å²) < 4.78 is 0. The molecule has 5 nitrogen and oxygen atoms in total. The first kappa shape index (κ1) is 18.2. The zero-order valence-corrected chi connectivity index (χ0v) is 16.0. The van der Waals surface area contributed by atoms with Crippen LogP contribution in [0, 0.1) is 11.8 Å². The lowest BCUT2D eigenvalue weighted by atomic mass is 9.86. The van der Waals surface area contributed by atoms with Crippen LogP contribution in [0.2, 0.25) is 0 Å². The fourth-order valence-electron chi connectivity index (χ4n) is 5.32. The molecule has 0 aromatic carbocycles. The van der Waals surface area contributed by atoms with Gasteiger partial charge in [0.1, 0.15) is 0 Å². The van der Waals surface area contributed by atoms with Gasteiger partial charge in [-0.3, -0.25) is 9.80 Å². The Kier molecular flexibility index (Phi) is 6.30. The Balaban J connectivity index is 0.0000000943. The molecule has 9 fully saturated rings. The number of aliphatic hydroxyl groups excluding tert-OH is 1. The zero-order chi connectivity index (χ0) is 17.1. The summed E-state index contributed by atoms with van der Waals surface area (Å²) in [4.78, 5) is 10.0. The first-order chi connectivity index (χ1) is 12.3. The second kappa shape index (κ2) is 8.66. The Morgan fingerprint density at radius 3 is 1.04 bits per heavy atom. The highest BCUT2D eigenvalue weighted by atomic mass is 16.3. The van der Waals surface area contributed by atoms with Crippen LogP contribution in [0.15, 0.2) is 0 Å². The first-order valence-electron chi connectivity index (χ1n) is 10.8. The molecule has 9 aliphatic rings. The highest BCUT2D eigenvalue weighted by Crippen LogP contribution is 2.27. The van der Waals surface area contributed by atoms with E-state index in [4.69, 9.17) is 0 Å². The van der Waals surface area contributed by atoms with Gasteiger partial charge in [0, 0.05) is 45.8 Å². The van der Waals surface area contributed by atoms with Gasteiger partial charge in [-0.1, -0.05) is 0 Å². The molecule has 9 rings (SSSR count). The monoisotopic (exact) mass is 350 g/mol. The van der Waals surface area contributed by atoms with Gasteiger partial charge in [0.2, 0.25) is 0 Å². The van der Waals surface area contributed by atoms with E-state index in [0.29, 0.717) is 5.92 Å². The topological polar surface area (TPSA) is 33.2 Å². The number of hydrogen-bond acceptors (Lipinski definition) is 5. The Morgan fingerprint density at radius 1 is 0.480 bits per heavy atom. The molecule has 1 N–H and O–H groups in total. The van der Waals surface area contributed by atoms with Gasteiger partial charge >= 0.3 is 0 Å². The van der Waals surface area contributed by atoms with Crippen LogP contribution in [-0.2, 0) is 0 Å². The van der Waals surface area contributed by atoms with Crippen molar-refractivity contribution >= 4 is 0 Å². The number of aliphatic hydroxyl groups is 1. The van der Waals surface area contributed by atoms with Crippen LogP contribution in [0.25, 0.3) is 0 Å². The summed E-state index contributed by atoms with van der Waals surface area (Å²) >= 11 is 0. The summed E-state index contributed by atoms with van der Waals surface area (Å²) in [5.41, 5.74) is 0. The maximum Gasteiger partial charge on any atom is 0.0696 e. The molecule has 9 saturated heterocycles. The molecule has 25 heavy (non-hydrogen) atoms. The summed E-state index contributed by atoms with van der Waals surface area (Å²) in [7, 11) is 0. The van der Waals surface area contributed by atoms with Crippen LogP contribution >= 0.6 is 0 Å². The maximum absolute atomic E-state index is 9.36. The largest absolute Gasteiger partial charge is 0.392 e. The molecule has 144 valence electrons. The normalized spacial score (nSPS) is 46.7. The SMILES string of the molecule is C1CN2CCC1CC2.C1CN2CCN1CC2.OC1CN2CCC1CC2. The minimum atomic E-state index is -0.00694. The van der Waals surface area contributed by atoms with Gasteiger partial charge in [0.05, 0.1) is 6.10 Å². The first-order valence-corrected chi connectivity index (χ1v) is 10.8. The van der Waals surface area contributed by atoms with Gasteiger partial charge in [-0.15, -0.1) is 0 Å². The van der Waals surface area contributed by atoms with Gasteiger partial charge < -0.3 is 14.9 Å². The van der Waals surface area contributed by atoms with E-state index in [1.165, 1.54) is 104 Å². The molecule has 6 bridgehead atoms. The van der Waals surface area contributed by atoms with Crippen molar-refractivity contribution in [2.75, 3.05) is 78.5 Å². The fraction of sp³-hybridized carbons (Fsp3) is 1.00. The minimum Gasteiger partial charge on any atom is -0.392 e. The van der Waals surface area contributed by atoms with Gasteiger partial charge in [-0.2, -0.15) is 0 Å². The summed E-state index contributed by atoms with van der Waals surface area (Å²) in [6.07, 6.45) is 6.90. The van der Waals surface area contributed by atoms with Gasteiger partial charge in [0.15, 0.2) is 0 Å². The van der Waals surface area contributed by atoms with E-state index in [-0.39, 0.29) is 6.10 Å². The molecule has 0 amide bonds. The summed E-state index contributed by atoms with van der Waals surface area (Å²) in [5.74, 6) is 1.75. The number of hydrogen-bond donors (Lipinski definition) is 1. The average Bonchev–Trinajstić information content (AvgIpc) is 2.73. The van der Waals surface area contributed by atoms with Crippen molar-refractivity contribution in [3.05, 3.63) is 0 Å². The number of piperidine rings is 6. The molecule has 0 aromatic heterocycles. The third-order valence-electron chi connectivity index (χ3n) is 7.38. The van der Waals surface area contributed by atoms with Crippen LogP contribution in [0.5, 0.6) is 0 Å². The van der Waals surface area contributed by atoms with Crippen molar-refractivity contribution in [1.29, 1.82) is 0 Å². The number of nitrogens with zero attached hydrogens (tertiary/aromatic N) is 4.